The Bertz CT molecular complexity index is 375. The highest BCUT2D eigenvalue weighted by Crippen LogP contribution is 2.19. The molecule has 1 atom stereocenters. The summed E-state index contributed by atoms with van der Waals surface area (Å²) in [6.07, 6.45) is 1.90. The number of hydrogen-bond donors (Lipinski definition) is 2. The Kier molecular flexibility index (Phi) is 6.80. The number of hydrogen-bond acceptors (Lipinski definition) is 3. The Balaban J connectivity index is 2.35. The van der Waals surface area contributed by atoms with Crippen molar-refractivity contribution in [2.45, 2.75) is 37.6 Å². The molecule has 1 unspecified atom stereocenters. The average molecular weight is 248 g/mol. The van der Waals surface area contributed by atoms with Gasteiger partial charge in [-0.05, 0) is 32.4 Å². The Labute approximate surface area is 108 Å². The van der Waals surface area contributed by atoms with Crippen LogP contribution < -0.4 is 11.3 Å². The molecule has 2 nitrogen and oxygen atoms in total. The minimum absolute atomic E-state index is 0.321. The van der Waals surface area contributed by atoms with Crippen LogP contribution in [0, 0.1) is 18.8 Å². The molecule has 0 spiro atoms. The van der Waals surface area contributed by atoms with E-state index in [0.29, 0.717) is 6.04 Å². The molecule has 3 heteroatoms. The van der Waals surface area contributed by atoms with Crippen molar-refractivity contribution in [3.05, 3.63) is 29.8 Å². The predicted molar refractivity (Wildman–Crippen MR) is 75.7 cm³/mol. The van der Waals surface area contributed by atoms with E-state index in [4.69, 9.17) is 5.84 Å². The van der Waals surface area contributed by atoms with Crippen LogP contribution in [0.3, 0.4) is 0 Å². The molecule has 0 saturated heterocycles. The lowest BCUT2D eigenvalue weighted by molar-refractivity contribution is 0.547. The van der Waals surface area contributed by atoms with Crippen LogP contribution in [0.25, 0.3) is 0 Å². The van der Waals surface area contributed by atoms with Gasteiger partial charge in [0.05, 0.1) is 0 Å². The smallest absolute Gasteiger partial charge is 0.0313 e. The van der Waals surface area contributed by atoms with Crippen LogP contribution >= 0.6 is 11.8 Å². The quantitative estimate of drug-likeness (QED) is 0.352. The number of nitrogens with two attached hydrogens (primary N) is 1. The van der Waals surface area contributed by atoms with Gasteiger partial charge >= 0.3 is 0 Å². The molecule has 3 N–H and O–H groups in total. The Morgan fingerprint density at radius 3 is 2.65 bits per heavy atom. The van der Waals surface area contributed by atoms with Crippen LogP contribution in [0.2, 0.25) is 0 Å². The maximum Gasteiger partial charge on any atom is 0.0313 e. The van der Waals surface area contributed by atoms with Crippen LogP contribution in [-0.4, -0.2) is 11.8 Å². The van der Waals surface area contributed by atoms with E-state index in [1.54, 1.807) is 0 Å². The second-order valence-electron chi connectivity index (χ2n) is 3.95. The van der Waals surface area contributed by atoms with Crippen LogP contribution in [0.5, 0.6) is 0 Å². The molecule has 0 heterocycles. The Hall–Kier alpha value is -0.950. The van der Waals surface area contributed by atoms with Gasteiger partial charge in [0, 0.05) is 23.1 Å². The van der Waals surface area contributed by atoms with Crippen molar-refractivity contribution in [2.75, 3.05) is 5.75 Å². The zero-order chi connectivity index (χ0) is 12.5. The molecular formula is C14H20N2S. The minimum Gasteiger partial charge on any atom is -0.271 e. The van der Waals surface area contributed by atoms with Gasteiger partial charge in [0.25, 0.3) is 0 Å². The van der Waals surface area contributed by atoms with Crippen molar-refractivity contribution < 1.29 is 0 Å². The highest BCUT2D eigenvalue weighted by Gasteiger charge is 2.06. The number of nitrogens with one attached hydrogen (secondary N) is 1. The van der Waals surface area contributed by atoms with Gasteiger partial charge in [0.1, 0.15) is 0 Å². The second kappa shape index (κ2) is 8.19. The van der Waals surface area contributed by atoms with Crippen molar-refractivity contribution in [1.29, 1.82) is 0 Å². The van der Waals surface area contributed by atoms with Crippen LogP contribution in [0.4, 0.5) is 0 Å². The maximum atomic E-state index is 5.53. The summed E-state index contributed by atoms with van der Waals surface area (Å²) in [6.45, 7) is 3.97. The normalized spacial score (nSPS) is 11.7. The fourth-order valence-electron chi connectivity index (χ4n) is 1.42. The SMILES string of the molecule is CC#CCCC(CSc1ccc(C)cc1)NN. The summed E-state index contributed by atoms with van der Waals surface area (Å²) in [5.41, 5.74) is 4.15. The second-order valence-corrected chi connectivity index (χ2v) is 5.05. The summed E-state index contributed by atoms with van der Waals surface area (Å²) in [5.74, 6) is 12.5. The van der Waals surface area contributed by atoms with E-state index in [-0.39, 0.29) is 0 Å². The van der Waals surface area contributed by atoms with E-state index in [2.05, 4.69) is 48.5 Å². The molecule has 0 fully saturated rings. The van der Waals surface area contributed by atoms with Crippen LogP contribution in [-0.2, 0) is 0 Å². The van der Waals surface area contributed by atoms with E-state index in [1.807, 2.05) is 18.7 Å². The molecule has 0 radical (unpaired) electrons. The van der Waals surface area contributed by atoms with E-state index >= 15 is 0 Å². The average Bonchev–Trinajstić information content (AvgIpc) is 2.35. The summed E-state index contributed by atoms with van der Waals surface area (Å²) >= 11 is 1.83. The fourth-order valence-corrected chi connectivity index (χ4v) is 2.40. The lowest BCUT2D eigenvalue weighted by Crippen LogP contribution is -2.36. The summed E-state index contributed by atoms with van der Waals surface area (Å²) in [5, 5.41) is 0. The summed E-state index contributed by atoms with van der Waals surface area (Å²) < 4.78 is 0. The third kappa shape index (κ3) is 5.78. The topological polar surface area (TPSA) is 38.0 Å². The monoisotopic (exact) mass is 248 g/mol. The van der Waals surface area contributed by atoms with Gasteiger partial charge < -0.3 is 0 Å². The van der Waals surface area contributed by atoms with E-state index < -0.39 is 0 Å². The van der Waals surface area contributed by atoms with Gasteiger partial charge in [0.2, 0.25) is 0 Å². The Morgan fingerprint density at radius 1 is 1.35 bits per heavy atom. The molecule has 92 valence electrons. The molecule has 17 heavy (non-hydrogen) atoms. The van der Waals surface area contributed by atoms with Crippen molar-refractivity contribution in [3.63, 3.8) is 0 Å². The zero-order valence-corrected chi connectivity index (χ0v) is 11.3. The summed E-state index contributed by atoms with van der Waals surface area (Å²) in [7, 11) is 0. The van der Waals surface area contributed by atoms with Gasteiger partial charge in [0.15, 0.2) is 0 Å². The van der Waals surface area contributed by atoms with Gasteiger partial charge in [-0.1, -0.05) is 17.7 Å². The highest BCUT2D eigenvalue weighted by molar-refractivity contribution is 7.99. The van der Waals surface area contributed by atoms with Crippen molar-refractivity contribution in [2.24, 2.45) is 5.84 Å². The molecule has 0 aromatic heterocycles. The van der Waals surface area contributed by atoms with Crippen LogP contribution in [0.15, 0.2) is 29.2 Å². The van der Waals surface area contributed by atoms with Crippen LogP contribution in [0.1, 0.15) is 25.3 Å². The standard InChI is InChI=1S/C14H20N2S/c1-3-4-5-6-13(16-15)11-17-14-9-7-12(2)8-10-14/h7-10,13,16H,5-6,11,15H2,1-2H3. The van der Waals surface area contributed by atoms with Gasteiger partial charge in [-0.25, -0.2) is 0 Å². The fraction of sp³-hybridized carbons (Fsp3) is 0.429. The molecule has 0 aliphatic heterocycles. The lowest BCUT2D eigenvalue weighted by Gasteiger charge is -2.13. The maximum absolute atomic E-state index is 5.53. The number of thioether (sulfide) groups is 1. The molecule has 0 aliphatic rings. The first kappa shape index (κ1) is 14.1. The largest absolute Gasteiger partial charge is 0.271 e. The molecule has 0 amide bonds. The minimum atomic E-state index is 0.321. The molecule has 1 aromatic carbocycles. The third-order valence-corrected chi connectivity index (χ3v) is 3.68. The molecule has 1 aromatic rings. The van der Waals surface area contributed by atoms with Crippen molar-refractivity contribution in [1.82, 2.24) is 5.43 Å². The number of hydrazine groups is 1. The zero-order valence-electron chi connectivity index (χ0n) is 10.5. The molecular weight excluding hydrogens is 228 g/mol. The number of aryl methyl sites for hydroxylation is 1. The van der Waals surface area contributed by atoms with E-state index in [1.165, 1.54) is 10.5 Å². The first-order chi connectivity index (χ1) is 8.26. The molecule has 0 aliphatic carbocycles. The highest BCUT2D eigenvalue weighted by atomic mass is 32.2. The van der Waals surface area contributed by atoms with Gasteiger partial charge in [-0.3, -0.25) is 11.3 Å². The number of rotatable bonds is 6. The lowest BCUT2D eigenvalue weighted by atomic mass is 10.2. The first-order valence-electron chi connectivity index (χ1n) is 5.81. The van der Waals surface area contributed by atoms with Gasteiger partial charge in [-0.15, -0.1) is 23.6 Å². The third-order valence-electron chi connectivity index (χ3n) is 2.50. The van der Waals surface area contributed by atoms with Crippen molar-refractivity contribution in [3.8, 4) is 11.8 Å². The molecule has 0 bridgehead atoms. The van der Waals surface area contributed by atoms with E-state index in [0.717, 1.165) is 18.6 Å². The molecule has 0 saturated carbocycles. The van der Waals surface area contributed by atoms with Gasteiger partial charge in [-0.2, -0.15) is 0 Å². The van der Waals surface area contributed by atoms with Crippen molar-refractivity contribution >= 4 is 11.8 Å². The molecule has 1 rings (SSSR count). The summed E-state index contributed by atoms with van der Waals surface area (Å²) in [6, 6.07) is 8.90. The first-order valence-corrected chi connectivity index (χ1v) is 6.80. The summed E-state index contributed by atoms with van der Waals surface area (Å²) in [4.78, 5) is 1.29. The number of benzene rings is 1. The van der Waals surface area contributed by atoms with E-state index in [9.17, 15) is 0 Å². The Morgan fingerprint density at radius 2 is 2.06 bits per heavy atom. The predicted octanol–water partition coefficient (Wildman–Crippen LogP) is 2.72.